The van der Waals surface area contributed by atoms with Crippen LogP contribution in [0.5, 0.6) is 0 Å². The van der Waals surface area contributed by atoms with Crippen molar-refractivity contribution in [2.75, 3.05) is 6.73 Å². The zero-order valence-electron chi connectivity index (χ0n) is 11.9. The van der Waals surface area contributed by atoms with E-state index < -0.39 is 41.2 Å². The minimum Gasteiger partial charge on any atom is -0.481 e. The van der Waals surface area contributed by atoms with Gasteiger partial charge in [0.2, 0.25) is 10.0 Å². The molecule has 1 heterocycles. The summed E-state index contributed by atoms with van der Waals surface area (Å²) >= 11 is 0. The van der Waals surface area contributed by atoms with Crippen molar-refractivity contribution in [3.8, 4) is 0 Å². The summed E-state index contributed by atoms with van der Waals surface area (Å²) in [5.74, 6) is -2.12. The Hall–Kier alpha value is -2.45. The fraction of sp³-hybridized carbons (Fsp3) is 0.200. The van der Waals surface area contributed by atoms with Crippen molar-refractivity contribution in [2.24, 2.45) is 0 Å². The van der Waals surface area contributed by atoms with E-state index in [0.717, 1.165) is 15.1 Å². The number of hydrogen-bond donors (Lipinski definition) is 1. The fourth-order valence-corrected chi connectivity index (χ4v) is 3.96. The van der Waals surface area contributed by atoms with Gasteiger partial charge in [-0.3, -0.25) is 9.59 Å². The molecule has 0 radical (unpaired) electrons. The summed E-state index contributed by atoms with van der Waals surface area (Å²) < 4.78 is 30.9. The van der Waals surface area contributed by atoms with Crippen LogP contribution in [0, 0.1) is 0 Å². The van der Waals surface area contributed by atoms with Gasteiger partial charge in [0.05, 0.1) is 11.3 Å². The highest BCUT2D eigenvalue weighted by molar-refractivity contribution is 7.89. The molecule has 0 saturated carbocycles. The average molecular weight is 335 g/mol. The number of carboxylic acid groups (broad SMARTS) is 1. The molecule has 0 amide bonds. The number of ether oxygens (including phenoxy) is 1. The quantitative estimate of drug-likeness (QED) is 0.842. The van der Waals surface area contributed by atoms with Gasteiger partial charge in [0.1, 0.15) is 6.04 Å². The first-order chi connectivity index (χ1) is 10.9. The highest BCUT2D eigenvalue weighted by Crippen LogP contribution is 2.27. The second kappa shape index (κ2) is 5.64. The van der Waals surface area contributed by atoms with E-state index in [1.807, 2.05) is 12.1 Å². The Bertz CT molecular complexity index is 892. The molecule has 0 bridgehead atoms. The molecule has 1 fully saturated rings. The maximum absolute atomic E-state index is 12.7. The van der Waals surface area contributed by atoms with E-state index in [0.29, 0.717) is 0 Å². The molecule has 1 atom stereocenters. The van der Waals surface area contributed by atoms with Crippen LogP contribution in [-0.4, -0.2) is 42.5 Å². The third-order valence-electron chi connectivity index (χ3n) is 3.65. The van der Waals surface area contributed by atoms with Crippen LogP contribution < -0.4 is 0 Å². The predicted molar refractivity (Wildman–Crippen MR) is 80.0 cm³/mol. The van der Waals surface area contributed by atoms with Crippen LogP contribution in [-0.2, 0) is 24.3 Å². The maximum Gasteiger partial charge on any atom is 0.326 e. The number of hydrogen-bond acceptors (Lipinski definition) is 5. The number of fused-ring (bicyclic) bond motifs is 1. The van der Waals surface area contributed by atoms with Gasteiger partial charge in [-0.15, -0.1) is 4.31 Å². The lowest BCUT2D eigenvalue weighted by atomic mass is 10.1. The van der Waals surface area contributed by atoms with Gasteiger partial charge in [0.15, 0.2) is 6.73 Å². The van der Waals surface area contributed by atoms with Crippen molar-refractivity contribution in [1.29, 1.82) is 0 Å². The molecule has 120 valence electrons. The largest absolute Gasteiger partial charge is 0.481 e. The van der Waals surface area contributed by atoms with Gasteiger partial charge in [-0.25, -0.2) is 8.42 Å². The third kappa shape index (κ3) is 2.78. The predicted octanol–water partition coefficient (Wildman–Crippen LogP) is 1.19. The number of sulfonamides is 1. The van der Waals surface area contributed by atoms with Crippen molar-refractivity contribution in [3.63, 3.8) is 0 Å². The highest BCUT2D eigenvalue weighted by Gasteiger charge is 2.43. The van der Waals surface area contributed by atoms with E-state index in [2.05, 4.69) is 0 Å². The summed E-state index contributed by atoms with van der Waals surface area (Å²) in [6, 6.07) is 10.5. The molecule has 0 aromatic heterocycles. The monoisotopic (exact) mass is 335 g/mol. The molecule has 8 heteroatoms. The molecular weight excluding hydrogens is 322 g/mol. The number of benzene rings is 2. The Labute approximate surface area is 132 Å². The second-order valence-corrected chi connectivity index (χ2v) is 7.00. The highest BCUT2D eigenvalue weighted by atomic mass is 32.2. The fourth-order valence-electron chi connectivity index (χ4n) is 2.48. The molecule has 3 rings (SSSR count). The number of esters is 1. The van der Waals surface area contributed by atoms with E-state index >= 15 is 0 Å². The van der Waals surface area contributed by atoms with Crippen molar-refractivity contribution in [2.45, 2.75) is 17.4 Å². The molecule has 1 unspecified atom stereocenters. The van der Waals surface area contributed by atoms with Crippen molar-refractivity contribution in [3.05, 3.63) is 42.5 Å². The third-order valence-corrected chi connectivity index (χ3v) is 5.48. The number of rotatable bonds is 4. The Morgan fingerprint density at radius 2 is 1.91 bits per heavy atom. The zero-order chi connectivity index (χ0) is 16.6. The average Bonchev–Trinajstić information content (AvgIpc) is 2.88. The maximum atomic E-state index is 12.7. The number of carboxylic acids is 1. The summed E-state index contributed by atoms with van der Waals surface area (Å²) in [5, 5.41) is 10.5. The number of carbonyl (C=O) groups is 2. The Balaban J connectivity index is 2.02. The lowest BCUT2D eigenvalue weighted by Crippen LogP contribution is -2.39. The summed E-state index contributed by atoms with van der Waals surface area (Å²) in [5.41, 5.74) is 0. The molecule has 1 aliphatic heterocycles. The summed E-state index contributed by atoms with van der Waals surface area (Å²) in [4.78, 5) is 22.5. The number of nitrogens with zero attached hydrogens (tertiary/aromatic N) is 1. The first-order valence-electron chi connectivity index (χ1n) is 6.78. The van der Waals surface area contributed by atoms with Gasteiger partial charge in [-0.2, -0.15) is 0 Å². The van der Waals surface area contributed by atoms with Gasteiger partial charge < -0.3 is 9.84 Å². The second-order valence-electron chi connectivity index (χ2n) is 5.11. The van der Waals surface area contributed by atoms with Crippen LogP contribution >= 0.6 is 0 Å². The lowest BCUT2D eigenvalue weighted by molar-refractivity contribution is -0.144. The van der Waals surface area contributed by atoms with Crippen LogP contribution in [0.15, 0.2) is 47.4 Å². The standard InChI is InChI=1S/C15H13NO6S/c17-14(18)8-13-15(19)22-9-16(13)23(20,21)12-6-5-10-3-1-2-4-11(10)7-12/h1-7,13H,8-9H2,(H,17,18). The van der Waals surface area contributed by atoms with E-state index in [1.54, 1.807) is 18.2 Å². The summed E-state index contributed by atoms with van der Waals surface area (Å²) in [7, 11) is -4.03. The number of aliphatic carboxylic acids is 1. The van der Waals surface area contributed by atoms with Gasteiger partial charge in [0, 0.05) is 0 Å². The summed E-state index contributed by atoms with van der Waals surface area (Å²) in [6.45, 7) is -0.480. The Morgan fingerprint density at radius 1 is 1.22 bits per heavy atom. The minimum atomic E-state index is -4.03. The van der Waals surface area contributed by atoms with Crippen LogP contribution in [0.25, 0.3) is 10.8 Å². The Morgan fingerprint density at radius 3 is 2.61 bits per heavy atom. The molecule has 0 aliphatic carbocycles. The SMILES string of the molecule is O=C(O)CC1C(=O)OCN1S(=O)(=O)c1ccc2ccccc2c1. The van der Waals surface area contributed by atoms with Crippen LogP contribution in [0.4, 0.5) is 0 Å². The van der Waals surface area contributed by atoms with Gasteiger partial charge in [0.25, 0.3) is 0 Å². The van der Waals surface area contributed by atoms with Crippen LogP contribution in [0.3, 0.4) is 0 Å². The first kappa shape index (κ1) is 15.4. The molecule has 1 aliphatic rings. The molecule has 7 nitrogen and oxygen atoms in total. The molecule has 0 spiro atoms. The Kier molecular flexibility index (Phi) is 3.78. The van der Waals surface area contributed by atoms with E-state index in [9.17, 15) is 18.0 Å². The van der Waals surface area contributed by atoms with Gasteiger partial charge in [-0.05, 0) is 22.9 Å². The van der Waals surface area contributed by atoms with Crippen molar-refractivity contribution < 1.29 is 27.9 Å². The topological polar surface area (TPSA) is 101 Å². The minimum absolute atomic E-state index is 0.00936. The molecule has 2 aromatic rings. The van der Waals surface area contributed by atoms with Gasteiger partial charge >= 0.3 is 11.9 Å². The van der Waals surface area contributed by atoms with E-state index in [-0.39, 0.29) is 4.90 Å². The molecule has 1 saturated heterocycles. The molecule has 1 N–H and O–H groups in total. The van der Waals surface area contributed by atoms with Crippen molar-refractivity contribution in [1.82, 2.24) is 4.31 Å². The van der Waals surface area contributed by atoms with E-state index in [1.165, 1.54) is 12.1 Å². The lowest BCUT2D eigenvalue weighted by Gasteiger charge is -2.18. The molecule has 2 aromatic carbocycles. The zero-order valence-corrected chi connectivity index (χ0v) is 12.7. The first-order valence-corrected chi connectivity index (χ1v) is 8.23. The molecular formula is C15H13NO6S. The van der Waals surface area contributed by atoms with Crippen molar-refractivity contribution >= 4 is 32.7 Å². The van der Waals surface area contributed by atoms with Gasteiger partial charge in [-0.1, -0.05) is 30.3 Å². The van der Waals surface area contributed by atoms with Crippen LogP contribution in [0.2, 0.25) is 0 Å². The smallest absolute Gasteiger partial charge is 0.326 e. The number of carbonyl (C=O) groups excluding carboxylic acids is 1. The van der Waals surface area contributed by atoms with Crippen LogP contribution in [0.1, 0.15) is 6.42 Å². The molecule has 23 heavy (non-hydrogen) atoms. The van der Waals surface area contributed by atoms with E-state index in [4.69, 9.17) is 9.84 Å². The normalized spacial score (nSPS) is 19.0. The number of cyclic esters (lactones) is 1. The summed E-state index contributed by atoms with van der Waals surface area (Å²) in [6.07, 6.45) is -0.633.